The van der Waals surface area contributed by atoms with Gasteiger partial charge >= 0.3 is 6.03 Å². The van der Waals surface area contributed by atoms with Crippen molar-refractivity contribution in [1.29, 1.82) is 0 Å². The van der Waals surface area contributed by atoms with Crippen LogP contribution in [0.5, 0.6) is 0 Å². The molecule has 2 rings (SSSR count). The average Bonchev–Trinajstić information content (AvgIpc) is 2.74. The normalized spacial score (nSPS) is 14.4. The van der Waals surface area contributed by atoms with E-state index in [0.717, 1.165) is 22.5 Å². The fourth-order valence-corrected chi connectivity index (χ4v) is 2.19. The van der Waals surface area contributed by atoms with Gasteiger partial charge in [-0.05, 0) is 24.3 Å². The third kappa shape index (κ3) is 3.24. The zero-order valence-corrected chi connectivity index (χ0v) is 10.8. The minimum absolute atomic E-state index is 0.254. The van der Waals surface area contributed by atoms with Crippen LogP contribution < -0.4 is 10.6 Å². The largest absolute Gasteiger partial charge is 0.325 e. The second-order valence-electron chi connectivity index (χ2n) is 3.12. The lowest BCUT2D eigenvalue weighted by Crippen LogP contribution is -2.31. The van der Waals surface area contributed by atoms with Gasteiger partial charge in [0.05, 0.1) is 6.54 Å². The summed E-state index contributed by atoms with van der Waals surface area (Å²) >= 11 is 4.89. The number of amides is 2. The van der Waals surface area contributed by atoms with E-state index in [2.05, 4.69) is 31.6 Å². The molecule has 4 nitrogen and oxygen atoms in total. The Labute approximate surface area is 106 Å². The highest BCUT2D eigenvalue weighted by atomic mass is 79.9. The average molecular weight is 300 g/mol. The highest BCUT2D eigenvalue weighted by Crippen LogP contribution is 2.14. The molecule has 2 amide bonds. The predicted molar refractivity (Wildman–Crippen MR) is 71.1 cm³/mol. The summed E-state index contributed by atoms with van der Waals surface area (Å²) in [5.74, 6) is 0.938. The number of rotatable bonds is 1. The number of carbonyl (C=O) groups is 1. The van der Waals surface area contributed by atoms with E-state index in [1.54, 1.807) is 11.8 Å². The molecule has 2 N–H and O–H groups in total. The maximum atomic E-state index is 11.5. The summed E-state index contributed by atoms with van der Waals surface area (Å²) in [6.07, 6.45) is 0. The lowest BCUT2D eigenvalue weighted by Gasteiger charge is -2.06. The van der Waals surface area contributed by atoms with Crippen molar-refractivity contribution in [2.45, 2.75) is 0 Å². The summed E-state index contributed by atoms with van der Waals surface area (Å²) in [4.78, 5) is 15.7. The Kier molecular flexibility index (Phi) is 3.84. The van der Waals surface area contributed by atoms with Crippen LogP contribution in [0.3, 0.4) is 0 Å². The summed E-state index contributed by atoms with van der Waals surface area (Å²) in [5, 5.41) is 6.11. The number of halogens is 1. The first-order chi connectivity index (χ1) is 7.74. The molecule has 0 fully saturated rings. The number of hydrogen-bond acceptors (Lipinski definition) is 3. The standard InChI is InChI=1S/C10H10BrN3OS/c11-7-1-3-8(4-2-7)13-9(15)14-10-12-5-6-16-10/h1-4H,5-6H2,(H2,12,13,14,15). The first-order valence-corrected chi connectivity index (χ1v) is 6.53. The Bertz CT molecular complexity index is 419. The van der Waals surface area contributed by atoms with Crippen molar-refractivity contribution in [3.8, 4) is 0 Å². The van der Waals surface area contributed by atoms with Crippen LogP contribution in [0.1, 0.15) is 0 Å². The highest BCUT2D eigenvalue weighted by molar-refractivity contribution is 9.10. The van der Waals surface area contributed by atoms with Gasteiger partial charge in [-0.1, -0.05) is 27.7 Å². The molecular formula is C10H10BrN3OS. The molecule has 0 saturated carbocycles. The number of aliphatic imine (C=N–C) groups is 1. The second-order valence-corrected chi connectivity index (χ2v) is 5.12. The van der Waals surface area contributed by atoms with Crippen LogP contribution in [0.25, 0.3) is 0 Å². The monoisotopic (exact) mass is 299 g/mol. The SMILES string of the molecule is O=C(NC1=NCCS1)Nc1ccc(Br)cc1. The van der Waals surface area contributed by atoms with Crippen LogP contribution in [0, 0.1) is 0 Å². The molecular weight excluding hydrogens is 290 g/mol. The number of urea groups is 1. The van der Waals surface area contributed by atoms with Gasteiger partial charge in [0, 0.05) is 15.9 Å². The first-order valence-electron chi connectivity index (χ1n) is 4.75. The Balaban J connectivity index is 1.89. The third-order valence-electron chi connectivity index (χ3n) is 1.91. The number of benzene rings is 1. The van der Waals surface area contributed by atoms with Crippen molar-refractivity contribution in [3.05, 3.63) is 28.7 Å². The molecule has 1 aromatic carbocycles. The van der Waals surface area contributed by atoms with Crippen molar-refractivity contribution in [2.75, 3.05) is 17.6 Å². The maximum absolute atomic E-state index is 11.5. The van der Waals surface area contributed by atoms with E-state index in [1.807, 2.05) is 24.3 Å². The predicted octanol–water partition coefficient (Wildman–Crippen LogP) is 2.67. The Morgan fingerprint density at radius 1 is 1.31 bits per heavy atom. The van der Waals surface area contributed by atoms with E-state index in [4.69, 9.17) is 0 Å². The summed E-state index contributed by atoms with van der Waals surface area (Å²) < 4.78 is 0.981. The fourth-order valence-electron chi connectivity index (χ4n) is 1.20. The zero-order chi connectivity index (χ0) is 11.4. The van der Waals surface area contributed by atoms with Gasteiger partial charge in [0.15, 0.2) is 5.17 Å². The van der Waals surface area contributed by atoms with Crippen LogP contribution in [0.2, 0.25) is 0 Å². The van der Waals surface area contributed by atoms with Crippen molar-refractivity contribution < 1.29 is 4.79 Å². The highest BCUT2D eigenvalue weighted by Gasteiger charge is 2.10. The van der Waals surface area contributed by atoms with Crippen molar-refractivity contribution in [1.82, 2.24) is 5.32 Å². The number of anilines is 1. The molecule has 1 aliphatic heterocycles. The van der Waals surface area contributed by atoms with Crippen LogP contribution in [0.4, 0.5) is 10.5 Å². The van der Waals surface area contributed by atoms with E-state index >= 15 is 0 Å². The third-order valence-corrected chi connectivity index (χ3v) is 3.33. The van der Waals surface area contributed by atoms with E-state index in [-0.39, 0.29) is 6.03 Å². The lowest BCUT2D eigenvalue weighted by atomic mass is 10.3. The van der Waals surface area contributed by atoms with Gasteiger partial charge in [-0.2, -0.15) is 0 Å². The van der Waals surface area contributed by atoms with Gasteiger partial charge in [-0.3, -0.25) is 10.3 Å². The quantitative estimate of drug-likeness (QED) is 0.838. The fraction of sp³-hybridized carbons (Fsp3) is 0.200. The molecule has 0 radical (unpaired) electrons. The molecule has 1 heterocycles. The van der Waals surface area contributed by atoms with Crippen LogP contribution in [-0.4, -0.2) is 23.5 Å². The Hall–Kier alpha value is -1.01. The number of nitrogens with one attached hydrogen (secondary N) is 2. The molecule has 0 aliphatic carbocycles. The maximum Gasteiger partial charge on any atom is 0.325 e. The smallest absolute Gasteiger partial charge is 0.308 e. The summed E-state index contributed by atoms with van der Waals surface area (Å²) in [7, 11) is 0. The number of thioether (sulfide) groups is 1. The molecule has 0 aromatic heterocycles. The van der Waals surface area contributed by atoms with Crippen molar-refractivity contribution in [2.24, 2.45) is 4.99 Å². The molecule has 0 unspecified atom stereocenters. The van der Waals surface area contributed by atoms with E-state index in [1.165, 1.54) is 0 Å². The van der Waals surface area contributed by atoms with Gasteiger partial charge < -0.3 is 5.32 Å². The van der Waals surface area contributed by atoms with Gasteiger partial charge in [0.2, 0.25) is 0 Å². The Morgan fingerprint density at radius 3 is 2.69 bits per heavy atom. The van der Waals surface area contributed by atoms with Gasteiger partial charge in [0.25, 0.3) is 0 Å². The first kappa shape index (κ1) is 11.5. The molecule has 0 bridgehead atoms. The summed E-state index contributed by atoms with van der Waals surface area (Å²) in [5.41, 5.74) is 0.754. The van der Waals surface area contributed by atoms with Crippen molar-refractivity contribution in [3.63, 3.8) is 0 Å². The van der Waals surface area contributed by atoms with Gasteiger partial charge in [0.1, 0.15) is 0 Å². The topological polar surface area (TPSA) is 53.5 Å². The molecule has 16 heavy (non-hydrogen) atoms. The number of hydrogen-bond donors (Lipinski definition) is 2. The van der Waals surface area contributed by atoms with E-state index < -0.39 is 0 Å². The minimum atomic E-state index is -0.254. The van der Waals surface area contributed by atoms with E-state index in [9.17, 15) is 4.79 Å². The van der Waals surface area contributed by atoms with E-state index in [0.29, 0.717) is 5.17 Å². The van der Waals surface area contributed by atoms with Crippen LogP contribution in [0.15, 0.2) is 33.7 Å². The molecule has 0 spiro atoms. The Morgan fingerprint density at radius 2 is 2.06 bits per heavy atom. The molecule has 0 saturated heterocycles. The molecule has 1 aromatic rings. The van der Waals surface area contributed by atoms with Crippen LogP contribution >= 0.6 is 27.7 Å². The minimum Gasteiger partial charge on any atom is -0.308 e. The van der Waals surface area contributed by atoms with Crippen molar-refractivity contribution >= 4 is 44.6 Å². The summed E-state index contributed by atoms with van der Waals surface area (Å²) in [6, 6.07) is 7.14. The van der Waals surface area contributed by atoms with Gasteiger partial charge in [-0.25, -0.2) is 4.79 Å². The summed E-state index contributed by atoms with van der Waals surface area (Å²) in [6.45, 7) is 0.776. The zero-order valence-electron chi connectivity index (χ0n) is 8.37. The number of amidine groups is 1. The van der Waals surface area contributed by atoms with Gasteiger partial charge in [-0.15, -0.1) is 0 Å². The lowest BCUT2D eigenvalue weighted by molar-refractivity contribution is 0.256. The number of carbonyl (C=O) groups excluding carboxylic acids is 1. The van der Waals surface area contributed by atoms with Crippen LogP contribution in [-0.2, 0) is 0 Å². The molecule has 84 valence electrons. The second kappa shape index (κ2) is 5.36. The molecule has 6 heteroatoms. The number of nitrogens with zero attached hydrogens (tertiary/aromatic N) is 1. The molecule has 0 atom stereocenters. The molecule has 1 aliphatic rings.